The zero-order chi connectivity index (χ0) is 23.1. The molecule has 0 aliphatic heterocycles. The minimum Gasteiger partial charge on any atom is -0.374 e. The first-order valence-electron chi connectivity index (χ1n) is 11.0. The first kappa shape index (κ1) is 20.0. The molecule has 1 unspecified atom stereocenters. The molecule has 0 radical (unpaired) electrons. The van der Waals surface area contributed by atoms with Gasteiger partial charge in [0.1, 0.15) is 0 Å². The van der Waals surface area contributed by atoms with Crippen LogP contribution in [0.3, 0.4) is 0 Å². The van der Waals surface area contributed by atoms with Crippen LogP contribution in [0.15, 0.2) is 86.0 Å². The Kier molecular flexibility index (Phi) is 4.76. The monoisotopic (exact) mass is 446 g/mol. The number of nitrogens with zero attached hydrogens (tertiary/aromatic N) is 7. The second kappa shape index (κ2) is 8.08. The highest BCUT2D eigenvalue weighted by Crippen LogP contribution is 2.34. The summed E-state index contributed by atoms with van der Waals surface area (Å²) >= 11 is 0. The van der Waals surface area contributed by atoms with Gasteiger partial charge in [0.2, 0.25) is 0 Å². The van der Waals surface area contributed by atoms with Gasteiger partial charge >= 0.3 is 0 Å². The normalized spacial score (nSPS) is 12.3. The molecular formula is C26H22N8. The van der Waals surface area contributed by atoms with Crippen LogP contribution >= 0.6 is 0 Å². The van der Waals surface area contributed by atoms with E-state index in [0.717, 1.165) is 50.0 Å². The predicted molar refractivity (Wildman–Crippen MR) is 132 cm³/mol. The van der Waals surface area contributed by atoms with Gasteiger partial charge in [-0.1, -0.05) is 6.07 Å². The summed E-state index contributed by atoms with van der Waals surface area (Å²) in [4.78, 5) is 18.2. The fourth-order valence-corrected chi connectivity index (χ4v) is 4.32. The van der Waals surface area contributed by atoms with Crippen molar-refractivity contribution in [3.8, 4) is 11.1 Å². The number of nitrogens with one attached hydrogen (secondary N) is 1. The molecule has 8 heteroatoms. The van der Waals surface area contributed by atoms with Gasteiger partial charge in [0, 0.05) is 79.9 Å². The van der Waals surface area contributed by atoms with Crippen LogP contribution in [0.4, 0.5) is 5.69 Å². The average Bonchev–Trinajstić information content (AvgIpc) is 3.47. The lowest BCUT2D eigenvalue weighted by atomic mass is 10.0. The minimum absolute atomic E-state index is 0.127. The summed E-state index contributed by atoms with van der Waals surface area (Å²) in [5, 5.41) is 8.06. The van der Waals surface area contributed by atoms with E-state index in [9.17, 15) is 0 Å². The van der Waals surface area contributed by atoms with Crippen LogP contribution in [0, 0.1) is 0 Å². The van der Waals surface area contributed by atoms with E-state index in [4.69, 9.17) is 0 Å². The second-order valence-corrected chi connectivity index (χ2v) is 8.31. The third-order valence-corrected chi connectivity index (χ3v) is 6.01. The van der Waals surface area contributed by atoms with Crippen molar-refractivity contribution in [3.05, 3.63) is 97.1 Å². The van der Waals surface area contributed by atoms with E-state index in [-0.39, 0.29) is 6.04 Å². The zero-order valence-corrected chi connectivity index (χ0v) is 18.8. The standard InChI is InChI=1S/C26H22N8/c1-33-9-5-22-24(33)10-18(14-30-22)21-11-20(12-23-26(21)29-8-7-28-23)32-25(17-4-3-6-27-13-17)19-15-31-34(2)16-19/h3-16,25,32H,1-2H3. The lowest BCUT2D eigenvalue weighted by Gasteiger charge is -2.20. The van der Waals surface area contributed by atoms with E-state index in [1.807, 2.05) is 63.3 Å². The van der Waals surface area contributed by atoms with Crippen molar-refractivity contribution in [1.82, 2.24) is 34.3 Å². The van der Waals surface area contributed by atoms with Crippen LogP contribution in [0.2, 0.25) is 0 Å². The van der Waals surface area contributed by atoms with Crippen LogP contribution in [-0.4, -0.2) is 34.3 Å². The van der Waals surface area contributed by atoms with Crippen molar-refractivity contribution in [2.75, 3.05) is 5.32 Å². The van der Waals surface area contributed by atoms with Gasteiger partial charge in [0.25, 0.3) is 0 Å². The van der Waals surface area contributed by atoms with Gasteiger partial charge in [0.15, 0.2) is 0 Å². The molecule has 34 heavy (non-hydrogen) atoms. The number of benzene rings is 1. The molecule has 0 aliphatic rings. The molecule has 0 spiro atoms. The van der Waals surface area contributed by atoms with Gasteiger partial charge in [0.05, 0.1) is 34.3 Å². The van der Waals surface area contributed by atoms with Crippen molar-refractivity contribution in [1.29, 1.82) is 0 Å². The molecule has 0 saturated heterocycles. The average molecular weight is 447 g/mol. The summed E-state index contributed by atoms with van der Waals surface area (Å²) in [7, 11) is 3.94. The van der Waals surface area contributed by atoms with Crippen molar-refractivity contribution in [2.24, 2.45) is 14.1 Å². The molecule has 5 heterocycles. The van der Waals surface area contributed by atoms with E-state index in [1.165, 1.54) is 0 Å². The number of rotatable bonds is 5. The van der Waals surface area contributed by atoms with E-state index in [0.29, 0.717) is 0 Å². The Balaban J connectivity index is 1.50. The van der Waals surface area contributed by atoms with Crippen LogP contribution in [0.5, 0.6) is 0 Å². The lowest BCUT2D eigenvalue weighted by Crippen LogP contribution is -2.12. The summed E-state index contributed by atoms with van der Waals surface area (Å²) in [6.07, 6.45) is 14.9. The molecule has 8 nitrogen and oxygen atoms in total. The number of fused-ring (bicyclic) bond motifs is 2. The quantitative estimate of drug-likeness (QED) is 0.419. The molecule has 1 aromatic carbocycles. The molecule has 0 saturated carbocycles. The molecule has 0 amide bonds. The predicted octanol–water partition coefficient (Wildman–Crippen LogP) is 4.51. The lowest BCUT2D eigenvalue weighted by molar-refractivity contribution is 0.766. The molecule has 0 bridgehead atoms. The Morgan fingerprint density at radius 1 is 0.853 bits per heavy atom. The number of aromatic nitrogens is 7. The summed E-state index contributed by atoms with van der Waals surface area (Å²) in [5.74, 6) is 0. The van der Waals surface area contributed by atoms with Gasteiger partial charge in [-0.15, -0.1) is 0 Å². The third kappa shape index (κ3) is 3.55. The Bertz CT molecular complexity index is 1620. The van der Waals surface area contributed by atoms with Crippen molar-refractivity contribution in [3.63, 3.8) is 0 Å². The van der Waals surface area contributed by atoms with Gasteiger partial charge in [-0.25, -0.2) is 0 Å². The Hall–Kier alpha value is -4.59. The van der Waals surface area contributed by atoms with Crippen LogP contribution in [0.1, 0.15) is 17.2 Å². The molecular weight excluding hydrogens is 424 g/mol. The first-order chi connectivity index (χ1) is 16.7. The number of pyridine rings is 2. The highest BCUT2D eigenvalue weighted by atomic mass is 15.2. The Morgan fingerprint density at radius 3 is 2.59 bits per heavy atom. The van der Waals surface area contributed by atoms with E-state index < -0.39 is 0 Å². The summed E-state index contributed by atoms with van der Waals surface area (Å²) < 4.78 is 3.88. The molecule has 5 aromatic heterocycles. The van der Waals surface area contributed by atoms with Crippen LogP contribution in [0.25, 0.3) is 33.2 Å². The molecule has 0 aliphatic carbocycles. The fourth-order valence-electron chi connectivity index (χ4n) is 4.32. The summed E-state index contributed by atoms with van der Waals surface area (Å²) in [6, 6.07) is 12.2. The van der Waals surface area contributed by atoms with Crippen LogP contribution in [-0.2, 0) is 14.1 Å². The van der Waals surface area contributed by atoms with Gasteiger partial charge in [-0.3, -0.25) is 24.6 Å². The van der Waals surface area contributed by atoms with Crippen molar-refractivity contribution < 1.29 is 0 Å². The second-order valence-electron chi connectivity index (χ2n) is 8.31. The number of hydrogen-bond donors (Lipinski definition) is 1. The molecule has 1 atom stereocenters. The maximum Gasteiger partial charge on any atom is 0.0967 e. The number of hydrogen-bond acceptors (Lipinski definition) is 6. The fraction of sp³-hybridized carbons (Fsp3) is 0.115. The van der Waals surface area contributed by atoms with E-state index in [2.05, 4.69) is 53.1 Å². The summed E-state index contributed by atoms with van der Waals surface area (Å²) in [6.45, 7) is 0. The zero-order valence-electron chi connectivity index (χ0n) is 18.8. The maximum absolute atomic E-state index is 4.67. The van der Waals surface area contributed by atoms with E-state index in [1.54, 1.807) is 23.3 Å². The van der Waals surface area contributed by atoms with E-state index >= 15 is 0 Å². The Morgan fingerprint density at radius 2 is 1.76 bits per heavy atom. The minimum atomic E-state index is -0.127. The first-order valence-corrected chi connectivity index (χ1v) is 11.0. The molecule has 166 valence electrons. The van der Waals surface area contributed by atoms with Crippen LogP contribution < -0.4 is 5.32 Å². The van der Waals surface area contributed by atoms with Crippen molar-refractivity contribution in [2.45, 2.75) is 6.04 Å². The Labute approximate surface area is 196 Å². The topological polar surface area (TPSA) is 86.3 Å². The maximum atomic E-state index is 4.67. The van der Waals surface area contributed by atoms with Gasteiger partial charge in [-0.2, -0.15) is 5.10 Å². The summed E-state index contributed by atoms with van der Waals surface area (Å²) in [5.41, 5.74) is 8.65. The van der Waals surface area contributed by atoms with Gasteiger partial charge < -0.3 is 9.88 Å². The molecule has 6 rings (SSSR count). The molecule has 6 aromatic rings. The number of anilines is 1. The SMILES string of the molecule is Cn1cc(C(Nc2cc(-c3cnc4ccn(C)c4c3)c3nccnc3c2)c2cccnc2)cn1. The highest BCUT2D eigenvalue weighted by Gasteiger charge is 2.18. The molecule has 0 fully saturated rings. The largest absolute Gasteiger partial charge is 0.374 e. The van der Waals surface area contributed by atoms with Crippen molar-refractivity contribution >= 4 is 27.8 Å². The smallest absolute Gasteiger partial charge is 0.0967 e. The third-order valence-electron chi connectivity index (χ3n) is 6.01. The van der Waals surface area contributed by atoms with Gasteiger partial charge in [-0.05, 0) is 35.9 Å². The molecule has 1 N–H and O–H groups in total. The highest BCUT2D eigenvalue weighted by molar-refractivity contribution is 5.96. The number of aryl methyl sites for hydroxylation is 2.